The monoisotopic (exact) mass is 294 g/mol. The summed E-state index contributed by atoms with van der Waals surface area (Å²) in [6.45, 7) is 3.65. The molecule has 2 aromatic rings. The van der Waals surface area contributed by atoms with Gasteiger partial charge in [0.1, 0.15) is 18.2 Å². The minimum absolute atomic E-state index is 0.0698. The first-order valence-corrected chi connectivity index (χ1v) is 6.71. The van der Waals surface area contributed by atoms with Crippen molar-refractivity contribution in [3.63, 3.8) is 0 Å². The van der Waals surface area contributed by atoms with Crippen LogP contribution < -0.4 is 4.74 Å². The maximum absolute atomic E-state index is 13.6. The van der Waals surface area contributed by atoms with Crippen molar-refractivity contribution >= 4 is 11.6 Å². The van der Waals surface area contributed by atoms with E-state index in [4.69, 9.17) is 16.3 Å². The molecule has 0 fully saturated rings. The average molecular weight is 295 g/mol. The zero-order chi connectivity index (χ0) is 14.7. The first-order chi connectivity index (χ1) is 9.49. The number of aliphatic hydroxyl groups excluding tert-OH is 1. The number of hydrogen-bond donors (Lipinski definition) is 1. The third-order valence-corrected chi connectivity index (χ3v) is 3.47. The standard InChI is InChI=1S/C16H16ClFO2/c1-10-8-12(11(2)19)6-7-16(10)20-9-13-14(17)4-3-5-15(13)18/h3-8,11,19H,9H2,1-2H3. The first-order valence-electron chi connectivity index (χ1n) is 6.33. The molecule has 2 rings (SSSR count). The lowest BCUT2D eigenvalue weighted by Crippen LogP contribution is -2.01. The van der Waals surface area contributed by atoms with Gasteiger partial charge in [-0.25, -0.2) is 4.39 Å². The van der Waals surface area contributed by atoms with Crippen LogP contribution in [0.3, 0.4) is 0 Å². The van der Waals surface area contributed by atoms with E-state index >= 15 is 0 Å². The maximum Gasteiger partial charge on any atom is 0.131 e. The van der Waals surface area contributed by atoms with E-state index < -0.39 is 6.10 Å². The number of aryl methyl sites for hydroxylation is 1. The quantitative estimate of drug-likeness (QED) is 0.904. The molecule has 0 aliphatic heterocycles. The summed E-state index contributed by atoms with van der Waals surface area (Å²) >= 11 is 5.95. The molecule has 0 saturated carbocycles. The summed E-state index contributed by atoms with van der Waals surface area (Å²) in [5.41, 5.74) is 2.04. The number of rotatable bonds is 4. The number of benzene rings is 2. The SMILES string of the molecule is Cc1cc(C(C)O)ccc1OCc1c(F)cccc1Cl. The number of ether oxygens (including phenoxy) is 1. The Balaban J connectivity index is 2.15. The van der Waals surface area contributed by atoms with Crippen LogP contribution in [0.15, 0.2) is 36.4 Å². The predicted octanol–water partition coefficient (Wildman–Crippen LogP) is 4.42. The lowest BCUT2D eigenvalue weighted by Gasteiger charge is -2.13. The Bertz CT molecular complexity index is 591. The molecule has 0 bridgehead atoms. The molecule has 0 spiro atoms. The summed E-state index contributed by atoms with van der Waals surface area (Å²) < 4.78 is 19.2. The van der Waals surface area contributed by atoms with Gasteiger partial charge in [-0.05, 0) is 49.2 Å². The molecule has 1 N–H and O–H groups in total. The minimum atomic E-state index is -0.524. The Morgan fingerprint density at radius 2 is 2.05 bits per heavy atom. The van der Waals surface area contributed by atoms with Crippen LogP contribution in [-0.2, 0) is 6.61 Å². The molecule has 20 heavy (non-hydrogen) atoms. The fraction of sp³-hybridized carbons (Fsp3) is 0.250. The maximum atomic E-state index is 13.6. The molecular weight excluding hydrogens is 279 g/mol. The molecule has 0 saturated heterocycles. The number of aliphatic hydroxyl groups is 1. The zero-order valence-corrected chi connectivity index (χ0v) is 12.1. The van der Waals surface area contributed by atoms with Crippen LogP contribution >= 0.6 is 11.6 Å². The fourth-order valence-electron chi connectivity index (χ4n) is 1.91. The van der Waals surface area contributed by atoms with E-state index in [1.165, 1.54) is 6.07 Å². The van der Waals surface area contributed by atoms with E-state index in [0.29, 0.717) is 16.3 Å². The molecule has 1 unspecified atom stereocenters. The summed E-state index contributed by atoms with van der Waals surface area (Å²) in [5, 5.41) is 9.86. The van der Waals surface area contributed by atoms with E-state index in [1.54, 1.807) is 31.2 Å². The lowest BCUT2D eigenvalue weighted by atomic mass is 10.1. The van der Waals surface area contributed by atoms with Crippen LogP contribution in [0.5, 0.6) is 5.75 Å². The van der Waals surface area contributed by atoms with Gasteiger partial charge in [0.15, 0.2) is 0 Å². The van der Waals surface area contributed by atoms with E-state index in [0.717, 1.165) is 11.1 Å². The van der Waals surface area contributed by atoms with Gasteiger partial charge in [0, 0.05) is 5.56 Å². The normalized spacial score (nSPS) is 12.2. The summed E-state index contributed by atoms with van der Waals surface area (Å²) in [4.78, 5) is 0. The van der Waals surface area contributed by atoms with E-state index in [-0.39, 0.29) is 12.4 Å². The Kier molecular flexibility index (Phi) is 4.63. The highest BCUT2D eigenvalue weighted by Crippen LogP contribution is 2.25. The van der Waals surface area contributed by atoms with Gasteiger partial charge in [0.25, 0.3) is 0 Å². The second kappa shape index (κ2) is 6.25. The van der Waals surface area contributed by atoms with Gasteiger partial charge in [0.2, 0.25) is 0 Å². The molecule has 1 atom stereocenters. The molecule has 0 aliphatic carbocycles. The van der Waals surface area contributed by atoms with Crippen LogP contribution in [0.2, 0.25) is 5.02 Å². The molecular formula is C16H16ClFO2. The van der Waals surface area contributed by atoms with Crippen molar-refractivity contribution < 1.29 is 14.2 Å². The van der Waals surface area contributed by atoms with Gasteiger partial charge in [-0.1, -0.05) is 23.7 Å². The Hall–Kier alpha value is -1.58. The lowest BCUT2D eigenvalue weighted by molar-refractivity contribution is 0.199. The minimum Gasteiger partial charge on any atom is -0.488 e. The highest BCUT2D eigenvalue weighted by molar-refractivity contribution is 6.31. The third-order valence-electron chi connectivity index (χ3n) is 3.12. The second-order valence-corrected chi connectivity index (χ2v) is 5.10. The molecule has 0 heterocycles. The number of hydrogen-bond acceptors (Lipinski definition) is 2. The molecule has 106 valence electrons. The van der Waals surface area contributed by atoms with Gasteiger partial charge in [-0.2, -0.15) is 0 Å². The van der Waals surface area contributed by atoms with Crippen LogP contribution in [0, 0.1) is 12.7 Å². The van der Waals surface area contributed by atoms with Gasteiger partial charge in [0.05, 0.1) is 11.1 Å². The number of halogens is 2. The molecule has 0 amide bonds. The predicted molar refractivity (Wildman–Crippen MR) is 77.6 cm³/mol. The van der Waals surface area contributed by atoms with Gasteiger partial charge < -0.3 is 9.84 Å². The zero-order valence-electron chi connectivity index (χ0n) is 11.4. The molecule has 4 heteroatoms. The van der Waals surface area contributed by atoms with E-state index in [1.807, 2.05) is 13.0 Å². The summed E-state index contributed by atoms with van der Waals surface area (Å²) in [7, 11) is 0. The van der Waals surface area contributed by atoms with Gasteiger partial charge >= 0.3 is 0 Å². The molecule has 0 aliphatic rings. The van der Waals surface area contributed by atoms with Crippen LogP contribution in [-0.4, -0.2) is 5.11 Å². The Morgan fingerprint density at radius 3 is 2.65 bits per heavy atom. The van der Waals surface area contributed by atoms with E-state index in [2.05, 4.69) is 0 Å². The highest BCUT2D eigenvalue weighted by Gasteiger charge is 2.09. The third kappa shape index (κ3) is 3.30. The topological polar surface area (TPSA) is 29.5 Å². The van der Waals surface area contributed by atoms with Crippen LogP contribution in [0.4, 0.5) is 4.39 Å². The van der Waals surface area contributed by atoms with Crippen molar-refractivity contribution in [1.82, 2.24) is 0 Å². The van der Waals surface area contributed by atoms with Crippen molar-refractivity contribution in [3.8, 4) is 5.75 Å². The van der Waals surface area contributed by atoms with Gasteiger partial charge in [-0.3, -0.25) is 0 Å². The molecule has 0 radical (unpaired) electrons. The van der Waals surface area contributed by atoms with Crippen LogP contribution in [0.1, 0.15) is 29.7 Å². The van der Waals surface area contributed by atoms with E-state index in [9.17, 15) is 9.50 Å². The highest BCUT2D eigenvalue weighted by atomic mass is 35.5. The molecule has 2 nitrogen and oxygen atoms in total. The van der Waals surface area contributed by atoms with Crippen molar-refractivity contribution in [3.05, 3.63) is 63.9 Å². The smallest absolute Gasteiger partial charge is 0.131 e. The second-order valence-electron chi connectivity index (χ2n) is 4.69. The summed E-state index contributed by atoms with van der Waals surface area (Å²) in [6.07, 6.45) is -0.524. The van der Waals surface area contributed by atoms with Crippen molar-refractivity contribution in [2.45, 2.75) is 26.6 Å². The van der Waals surface area contributed by atoms with Crippen molar-refractivity contribution in [2.24, 2.45) is 0 Å². The molecule has 0 aromatic heterocycles. The molecule has 2 aromatic carbocycles. The van der Waals surface area contributed by atoms with Crippen LogP contribution in [0.25, 0.3) is 0 Å². The van der Waals surface area contributed by atoms with Gasteiger partial charge in [-0.15, -0.1) is 0 Å². The van der Waals surface area contributed by atoms with Crippen molar-refractivity contribution in [2.75, 3.05) is 0 Å². The Morgan fingerprint density at radius 1 is 1.30 bits per heavy atom. The largest absolute Gasteiger partial charge is 0.488 e. The van der Waals surface area contributed by atoms with Crippen molar-refractivity contribution in [1.29, 1.82) is 0 Å². The fourth-order valence-corrected chi connectivity index (χ4v) is 2.13. The first kappa shape index (κ1) is 14.8. The average Bonchev–Trinajstić information content (AvgIpc) is 2.39. The Labute approximate surface area is 122 Å². The summed E-state index contributed by atoms with van der Waals surface area (Å²) in [5.74, 6) is 0.268. The summed E-state index contributed by atoms with van der Waals surface area (Å²) in [6, 6.07) is 9.95.